The molecule has 1 heterocycles. The second kappa shape index (κ2) is 8.34. The van der Waals surface area contributed by atoms with Crippen LogP contribution in [0.4, 0.5) is 18.9 Å². The van der Waals surface area contributed by atoms with E-state index in [9.17, 15) is 18.0 Å². The Morgan fingerprint density at radius 1 is 1.28 bits per heavy atom. The van der Waals surface area contributed by atoms with Crippen LogP contribution in [0, 0.1) is 0 Å². The van der Waals surface area contributed by atoms with Crippen molar-refractivity contribution in [3.8, 4) is 5.75 Å². The fourth-order valence-corrected chi connectivity index (χ4v) is 2.76. The minimum atomic E-state index is -4.71. The number of halogens is 3. The van der Waals surface area contributed by atoms with Crippen molar-refractivity contribution in [1.82, 2.24) is 10.2 Å². The van der Waals surface area contributed by atoms with Gasteiger partial charge in [-0.15, -0.1) is 13.2 Å². The quantitative estimate of drug-likeness (QED) is 0.656. The molecule has 0 aliphatic carbocycles. The number of anilines is 1. The summed E-state index contributed by atoms with van der Waals surface area (Å²) < 4.78 is 40.2. The fourth-order valence-electron chi connectivity index (χ4n) is 2.46. The number of benzene rings is 1. The van der Waals surface area contributed by atoms with Crippen molar-refractivity contribution in [2.75, 3.05) is 45.1 Å². The Balaban J connectivity index is 1.81. The molecule has 2 rings (SSSR count). The number of nitrogens with zero attached hydrogens (tertiary/aromatic N) is 1. The number of likely N-dealkylation sites (N-methyl/N-ethyl adjacent to an activating group) is 1. The van der Waals surface area contributed by atoms with Gasteiger partial charge in [-0.3, -0.25) is 4.79 Å². The zero-order valence-electron chi connectivity index (χ0n) is 13.7. The minimum Gasteiger partial charge on any atom is -0.406 e. The summed E-state index contributed by atoms with van der Waals surface area (Å²) >= 11 is 5.34. The molecule has 0 atom stereocenters. The monoisotopic (exact) mass is 377 g/mol. The molecule has 1 aliphatic rings. The van der Waals surface area contributed by atoms with Crippen molar-refractivity contribution in [3.05, 3.63) is 24.3 Å². The highest BCUT2D eigenvalue weighted by Crippen LogP contribution is 2.24. The predicted molar refractivity (Wildman–Crippen MR) is 90.5 cm³/mol. The first-order valence-corrected chi connectivity index (χ1v) is 8.13. The van der Waals surface area contributed by atoms with E-state index in [0.29, 0.717) is 30.4 Å². The van der Waals surface area contributed by atoms with E-state index in [0.717, 1.165) is 13.1 Å². The van der Waals surface area contributed by atoms with Crippen LogP contribution in [0.3, 0.4) is 0 Å². The van der Waals surface area contributed by atoms with E-state index >= 15 is 0 Å². The van der Waals surface area contributed by atoms with Gasteiger partial charge in [0, 0.05) is 12.7 Å². The summed E-state index contributed by atoms with van der Waals surface area (Å²) in [4.78, 5) is 14.5. The highest BCUT2D eigenvalue weighted by molar-refractivity contribution is 7.80. The number of amides is 1. The largest absolute Gasteiger partial charge is 0.573 e. The maximum atomic E-state index is 12.1. The van der Waals surface area contributed by atoms with Gasteiger partial charge in [-0.25, -0.2) is 0 Å². The topological polar surface area (TPSA) is 58.0 Å². The molecule has 0 saturated carbocycles. The summed E-state index contributed by atoms with van der Waals surface area (Å²) in [5.74, 6) is -0.277. The van der Waals surface area contributed by atoms with Crippen LogP contribution < -0.4 is 20.3 Å². The van der Waals surface area contributed by atoms with Crippen molar-refractivity contribution < 1.29 is 27.6 Å². The summed E-state index contributed by atoms with van der Waals surface area (Å²) in [6, 6.07) is 5.40. The number of hydrogen-bond donors (Lipinski definition) is 3. The summed E-state index contributed by atoms with van der Waals surface area (Å²) in [7, 11) is 1.61. The molecule has 0 spiro atoms. The number of carbonyl (C=O) groups is 1. The number of quaternary nitrogens is 1. The van der Waals surface area contributed by atoms with Crippen LogP contribution in [0.5, 0.6) is 5.75 Å². The van der Waals surface area contributed by atoms with E-state index in [1.54, 1.807) is 7.05 Å². The van der Waals surface area contributed by atoms with Gasteiger partial charge in [0.25, 0.3) is 5.91 Å². The minimum absolute atomic E-state index is 0.00492. The number of ether oxygens (including phenoxy) is 1. The maximum Gasteiger partial charge on any atom is 0.573 e. The van der Waals surface area contributed by atoms with Gasteiger partial charge in [-0.05, 0) is 36.5 Å². The van der Waals surface area contributed by atoms with Crippen LogP contribution in [0.25, 0.3) is 0 Å². The lowest BCUT2D eigenvalue weighted by Gasteiger charge is -2.33. The molecular weight excluding hydrogens is 357 g/mol. The zero-order valence-corrected chi connectivity index (χ0v) is 14.5. The second-order valence-corrected chi connectivity index (χ2v) is 5.98. The number of thiocarbonyl (C=S) groups is 1. The second-order valence-electron chi connectivity index (χ2n) is 5.59. The molecule has 10 heteroatoms. The molecule has 3 N–H and O–H groups in total. The summed E-state index contributed by atoms with van der Waals surface area (Å²) in [6.07, 6.45) is -4.71. The third-order valence-corrected chi connectivity index (χ3v) is 4.15. The summed E-state index contributed by atoms with van der Waals surface area (Å²) in [5, 5.41) is 6.11. The average molecular weight is 377 g/mol. The molecule has 0 aromatic heterocycles. The van der Waals surface area contributed by atoms with Gasteiger partial charge in [0.15, 0.2) is 11.7 Å². The summed E-state index contributed by atoms with van der Waals surface area (Å²) in [6.45, 7) is 3.41. The fraction of sp³-hybridized carbons (Fsp3) is 0.467. The molecular formula is C15H20F3N4O2S+. The predicted octanol–water partition coefficient (Wildman–Crippen LogP) is 0.229. The molecule has 6 nitrogen and oxygen atoms in total. The van der Waals surface area contributed by atoms with Crippen LogP contribution in [0.2, 0.25) is 0 Å². The third kappa shape index (κ3) is 6.39. The molecule has 1 aromatic carbocycles. The van der Waals surface area contributed by atoms with Crippen LogP contribution >= 0.6 is 12.2 Å². The first kappa shape index (κ1) is 19.3. The molecule has 1 saturated heterocycles. The first-order chi connectivity index (χ1) is 11.8. The molecule has 0 radical (unpaired) electrons. The Labute approximate surface area is 148 Å². The van der Waals surface area contributed by atoms with Crippen molar-refractivity contribution in [3.63, 3.8) is 0 Å². The van der Waals surface area contributed by atoms with Crippen LogP contribution in [0.1, 0.15) is 0 Å². The van der Waals surface area contributed by atoms with E-state index in [-0.39, 0.29) is 11.7 Å². The van der Waals surface area contributed by atoms with Gasteiger partial charge in [0.05, 0.1) is 26.2 Å². The molecule has 1 amide bonds. The smallest absolute Gasteiger partial charge is 0.406 e. The number of rotatable bonds is 4. The highest BCUT2D eigenvalue weighted by Gasteiger charge is 2.31. The lowest BCUT2D eigenvalue weighted by Crippen LogP contribution is -3.15. The van der Waals surface area contributed by atoms with E-state index in [1.807, 2.05) is 4.90 Å². The molecule has 1 aromatic rings. The first-order valence-electron chi connectivity index (χ1n) is 7.73. The van der Waals surface area contributed by atoms with Gasteiger partial charge in [-0.2, -0.15) is 0 Å². The Morgan fingerprint density at radius 2 is 1.88 bits per heavy atom. The standard InChI is InChI=1S/C15H19F3N4O2S/c1-19-13(23)10-21-6-8-22(9-7-21)14(25)20-11-2-4-12(5-3-11)24-15(16,17)18/h2-5H,6-10H2,1H3,(H,19,23)(H,20,25)/p+1. The van der Waals surface area contributed by atoms with Crippen LogP contribution in [0.15, 0.2) is 24.3 Å². The Bertz CT molecular complexity index is 602. The Hall–Kier alpha value is -2.07. The van der Waals surface area contributed by atoms with E-state index in [2.05, 4.69) is 15.4 Å². The van der Waals surface area contributed by atoms with Gasteiger partial charge in [-0.1, -0.05) is 0 Å². The van der Waals surface area contributed by atoms with E-state index < -0.39 is 6.36 Å². The molecule has 1 fully saturated rings. The lowest BCUT2D eigenvalue weighted by molar-refractivity contribution is -0.895. The Morgan fingerprint density at radius 3 is 2.40 bits per heavy atom. The van der Waals surface area contributed by atoms with Gasteiger partial charge in [0.1, 0.15) is 5.75 Å². The van der Waals surface area contributed by atoms with Crippen molar-refractivity contribution in [1.29, 1.82) is 0 Å². The lowest BCUT2D eigenvalue weighted by atomic mass is 10.3. The van der Waals surface area contributed by atoms with Gasteiger partial charge in [0.2, 0.25) is 0 Å². The van der Waals surface area contributed by atoms with E-state index in [4.69, 9.17) is 12.2 Å². The number of piperazine rings is 1. The number of hydrogen-bond acceptors (Lipinski definition) is 3. The molecule has 0 unspecified atom stereocenters. The van der Waals surface area contributed by atoms with Gasteiger partial charge >= 0.3 is 6.36 Å². The van der Waals surface area contributed by atoms with Crippen LogP contribution in [-0.4, -0.2) is 62.1 Å². The SMILES string of the molecule is CNC(=O)C[NH+]1CCN(C(=S)Nc2ccc(OC(F)(F)F)cc2)CC1. The van der Waals surface area contributed by atoms with Gasteiger partial charge < -0.3 is 25.2 Å². The maximum absolute atomic E-state index is 12.1. The van der Waals surface area contributed by atoms with Crippen LogP contribution in [-0.2, 0) is 4.79 Å². The van der Waals surface area contributed by atoms with Crippen molar-refractivity contribution in [2.45, 2.75) is 6.36 Å². The van der Waals surface area contributed by atoms with E-state index in [1.165, 1.54) is 29.2 Å². The number of alkyl halides is 3. The number of nitrogens with one attached hydrogen (secondary N) is 3. The zero-order chi connectivity index (χ0) is 18.4. The Kier molecular flexibility index (Phi) is 6.43. The molecule has 0 bridgehead atoms. The average Bonchev–Trinajstić information content (AvgIpc) is 2.56. The summed E-state index contributed by atoms with van der Waals surface area (Å²) in [5.41, 5.74) is 0.583. The third-order valence-electron chi connectivity index (χ3n) is 3.79. The molecule has 1 aliphatic heterocycles. The number of carbonyl (C=O) groups excluding carboxylic acids is 1. The highest BCUT2D eigenvalue weighted by atomic mass is 32.1. The molecule has 138 valence electrons. The van der Waals surface area contributed by atoms with Crippen molar-refractivity contribution >= 4 is 28.9 Å². The molecule has 25 heavy (non-hydrogen) atoms. The van der Waals surface area contributed by atoms with Crippen molar-refractivity contribution in [2.24, 2.45) is 0 Å². The normalized spacial score (nSPS) is 15.6.